The number of ether oxygens (including phenoxy) is 1. The number of imide groups is 1. The molecule has 1 aliphatic carbocycles. The number of hydrogen-bond acceptors (Lipinski definition) is 4. The van der Waals surface area contributed by atoms with E-state index in [2.05, 4.69) is 0 Å². The summed E-state index contributed by atoms with van der Waals surface area (Å²) in [6.45, 7) is 1.97. The fourth-order valence-corrected chi connectivity index (χ4v) is 5.02. The van der Waals surface area contributed by atoms with Crippen LogP contribution in [0.25, 0.3) is 0 Å². The molecule has 1 heterocycles. The van der Waals surface area contributed by atoms with Crippen LogP contribution in [0.15, 0.2) is 97.1 Å². The number of nitrogens with zero attached hydrogens (tertiary/aromatic N) is 1. The largest absolute Gasteiger partial charge is 0.426 e. The van der Waals surface area contributed by atoms with Gasteiger partial charge in [-0.1, -0.05) is 85.8 Å². The van der Waals surface area contributed by atoms with Crippen molar-refractivity contribution < 1.29 is 19.1 Å². The van der Waals surface area contributed by atoms with Crippen LogP contribution >= 0.6 is 0 Å². The van der Waals surface area contributed by atoms with Crippen molar-refractivity contribution in [1.29, 1.82) is 0 Å². The summed E-state index contributed by atoms with van der Waals surface area (Å²) >= 11 is 0. The number of fused-ring (bicyclic) bond motifs is 1. The average molecular weight is 452 g/mol. The normalized spacial score (nSPS) is 21.6. The molecule has 0 spiro atoms. The maximum atomic E-state index is 13.3. The average Bonchev–Trinajstić information content (AvgIpc) is 3.11. The molecule has 170 valence electrons. The first kappa shape index (κ1) is 21.8. The highest BCUT2D eigenvalue weighted by atomic mass is 16.5. The van der Waals surface area contributed by atoms with E-state index in [4.69, 9.17) is 4.74 Å². The SMILES string of the molecule is C[C@@H]1C=CC[C@@H]2C(=O)N(c3cccc(OC(=O)C(c4ccccc4)c4ccccc4)c3)C(=O)[C@@H]12. The molecule has 34 heavy (non-hydrogen) atoms. The van der Waals surface area contributed by atoms with E-state index in [0.29, 0.717) is 17.9 Å². The van der Waals surface area contributed by atoms with Gasteiger partial charge in [0, 0.05) is 6.07 Å². The Morgan fingerprint density at radius 3 is 2.15 bits per heavy atom. The van der Waals surface area contributed by atoms with E-state index in [1.807, 2.05) is 79.7 Å². The molecule has 5 heteroatoms. The number of carbonyl (C=O) groups is 3. The van der Waals surface area contributed by atoms with Gasteiger partial charge in [0.1, 0.15) is 11.7 Å². The highest BCUT2D eigenvalue weighted by molar-refractivity contribution is 6.22. The van der Waals surface area contributed by atoms with E-state index in [1.165, 1.54) is 4.90 Å². The van der Waals surface area contributed by atoms with Gasteiger partial charge in [-0.15, -0.1) is 0 Å². The molecule has 3 atom stereocenters. The number of carbonyl (C=O) groups excluding carboxylic acids is 3. The first-order valence-electron chi connectivity index (χ1n) is 11.5. The van der Waals surface area contributed by atoms with Crippen LogP contribution in [-0.4, -0.2) is 17.8 Å². The van der Waals surface area contributed by atoms with Crippen molar-refractivity contribution >= 4 is 23.5 Å². The van der Waals surface area contributed by atoms with Crippen LogP contribution in [0.3, 0.4) is 0 Å². The van der Waals surface area contributed by atoms with Crippen molar-refractivity contribution in [1.82, 2.24) is 0 Å². The van der Waals surface area contributed by atoms with Gasteiger partial charge in [-0.25, -0.2) is 4.90 Å². The maximum absolute atomic E-state index is 13.3. The predicted molar refractivity (Wildman–Crippen MR) is 129 cm³/mol. The molecule has 1 saturated heterocycles. The topological polar surface area (TPSA) is 63.7 Å². The minimum Gasteiger partial charge on any atom is -0.426 e. The Balaban J connectivity index is 1.42. The Kier molecular flexibility index (Phi) is 5.84. The summed E-state index contributed by atoms with van der Waals surface area (Å²) in [5.74, 6) is -1.79. The lowest BCUT2D eigenvalue weighted by Gasteiger charge is -2.22. The van der Waals surface area contributed by atoms with Crippen molar-refractivity contribution in [3.63, 3.8) is 0 Å². The molecule has 3 aromatic carbocycles. The van der Waals surface area contributed by atoms with Crippen molar-refractivity contribution in [2.75, 3.05) is 4.90 Å². The van der Waals surface area contributed by atoms with Gasteiger partial charge in [-0.3, -0.25) is 14.4 Å². The molecule has 1 aliphatic heterocycles. The van der Waals surface area contributed by atoms with Gasteiger partial charge in [0.2, 0.25) is 11.8 Å². The Hall–Kier alpha value is -3.99. The molecule has 0 N–H and O–H groups in total. The molecule has 0 aromatic heterocycles. The van der Waals surface area contributed by atoms with Crippen LogP contribution in [0.5, 0.6) is 5.75 Å². The lowest BCUT2D eigenvalue weighted by Crippen LogP contribution is -2.31. The van der Waals surface area contributed by atoms with Crippen LogP contribution in [0.2, 0.25) is 0 Å². The second kappa shape index (κ2) is 9.10. The second-order valence-electron chi connectivity index (χ2n) is 8.84. The van der Waals surface area contributed by atoms with Gasteiger partial charge in [-0.2, -0.15) is 0 Å². The van der Waals surface area contributed by atoms with Crippen LogP contribution in [-0.2, 0) is 14.4 Å². The summed E-state index contributed by atoms with van der Waals surface area (Å²) in [4.78, 5) is 40.8. The predicted octanol–water partition coefficient (Wildman–Crippen LogP) is 5.13. The molecule has 5 rings (SSSR count). The Bertz CT molecular complexity index is 1210. The smallest absolute Gasteiger partial charge is 0.323 e. The quantitative estimate of drug-likeness (QED) is 0.234. The zero-order valence-electron chi connectivity index (χ0n) is 18.8. The number of hydrogen-bond donors (Lipinski definition) is 0. The second-order valence-corrected chi connectivity index (χ2v) is 8.84. The van der Waals surface area contributed by atoms with E-state index in [9.17, 15) is 14.4 Å². The van der Waals surface area contributed by atoms with Gasteiger partial charge in [-0.05, 0) is 35.6 Å². The van der Waals surface area contributed by atoms with Gasteiger partial charge >= 0.3 is 5.97 Å². The highest BCUT2D eigenvalue weighted by Crippen LogP contribution is 2.41. The summed E-state index contributed by atoms with van der Waals surface area (Å²) < 4.78 is 5.80. The fourth-order valence-electron chi connectivity index (χ4n) is 5.02. The van der Waals surface area contributed by atoms with Crippen molar-refractivity contribution in [2.45, 2.75) is 19.3 Å². The van der Waals surface area contributed by atoms with Gasteiger partial charge in [0.05, 0.1) is 17.5 Å². The zero-order valence-corrected chi connectivity index (χ0v) is 18.8. The summed E-state index contributed by atoms with van der Waals surface area (Å²) in [5, 5.41) is 0. The standard InChI is InChI=1S/C29H25NO4/c1-19-10-8-17-24-25(19)28(32)30(27(24)31)22-15-9-16-23(18-22)34-29(33)26(20-11-4-2-5-12-20)21-13-6-3-7-14-21/h2-16,18-19,24-26H,17H2,1H3/t19-,24+,25+/m1/s1. The maximum Gasteiger partial charge on any atom is 0.323 e. The molecule has 0 saturated carbocycles. The van der Waals surface area contributed by atoms with E-state index in [-0.39, 0.29) is 29.6 Å². The van der Waals surface area contributed by atoms with E-state index < -0.39 is 11.9 Å². The van der Waals surface area contributed by atoms with Crippen LogP contribution in [0, 0.1) is 17.8 Å². The number of amides is 2. The molecule has 3 aromatic rings. The van der Waals surface area contributed by atoms with Crippen molar-refractivity contribution in [3.8, 4) is 5.75 Å². The minimum absolute atomic E-state index is 0.0127. The minimum atomic E-state index is -0.601. The zero-order chi connectivity index (χ0) is 23.7. The van der Waals surface area contributed by atoms with Gasteiger partial charge in [0.15, 0.2) is 0 Å². The summed E-state index contributed by atoms with van der Waals surface area (Å²) in [7, 11) is 0. The number of esters is 1. The van der Waals surface area contributed by atoms with Crippen molar-refractivity contribution in [3.05, 3.63) is 108 Å². The van der Waals surface area contributed by atoms with Crippen molar-refractivity contribution in [2.24, 2.45) is 17.8 Å². The van der Waals surface area contributed by atoms with Crippen LogP contribution < -0.4 is 9.64 Å². The lowest BCUT2D eigenvalue weighted by molar-refractivity contribution is -0.135. The van der Waals surface area contributed by atoms with E-state index in [0.717, 1.165) is 11.1 Å². The molecule has 5 nitrogen and oxygen atoms in total. The number of benzene rings is 3. The first-order chi connectivity index (χ1) is 16.5. The third-order valence-electron chi connectivity index (χ3n) is 6.67. The molecule has 2 aliphatic rings. The first-order valence-corrected chi connectivity index (χ1v) is 11.5. The van der Waals surface area contributed by atoms with E-state index >= 15 is 0 Å². The molecule has 1 fully saturated rings. The number of anilines is 1. The summed E-state index contributed by atoms with van der Waals surface area (Å²) in [6.07, 6.45) is 4.55. The molecule has 0 radical (unpaired) electrons. The van der Waals surface area contributed by atoms with Crippen LogP contribution in [0.1, 0.15) is 30.4 Å². The lowest BCUT2D eigenvalue weighted by atomic mass is 9.78. The highest BCUT2D eigenvalue weighted by Gasteiger charge is 2.50. The Labute approximate surface area is 198 Å². The van der Waals surface area contributed by atoms with Gasteiger partial charge < -0.3 is 4.74 Å². The third kappa shape index (κ3) is 3.94. The monoisotopic (exact) mass is 451 g/mol. The fraction of sp³-hybridized carbons (Fsp3) is 0.207. The molecule has 0 unspecified atom stereocenters. The molecular formula is C29H25NO4. The molecule has 2 amide bonds. The Morgan fingerprint density at radius 1 is 0.882 bits per heavy atom. The van der Waals surface area contributed by atoms with Crippen LogP contribution in [0.4, 0.5) is 5.69 Å². The Morgan fingerprint density at radius 2 is 1.53 bits per heavy atom. The molecular weight excluding hydrogens is 426 g/mol. The van der Waals surface area contributed by atoms with Gasteiger partial charge in [0.25, 0.3) is 0 Å². The van der Waals surface area contributed by atoms with E-state index in [1.54, 1.807) is 24.3 Å². The summed E-state index contributed by atoms with van der Waals surface area (Å²) in [6, 6.07) is 25.6. The summed E-state index contributed by atoms with van der Waals surface area (Å²) in [5.41, 5.74) is 2.08. The number of allylic oxidation sites excluding steroid dienone is 2. The number of rotatable bonds is 5. The molecule has 0 bridgehead atoms. The third-order valence-corrected chi connectivity index (χ3v) is 6.67.